The van der Waals surface area contributed by atoms with Crippen LogP contribution in [0.5, 0.6) is 0 Å². The SMILES string of the molecule is CC1C(NC(=O)c2ccc(Cl)cn2)=CC=C(F)C1[C@]1(C)CS(=O)(=O)C2(CCCCC2)C(=N)N1. The van der Waals surface area contributed by atoms with Crippen LogP contribution in [0.25, 0.3) is 0 Å². The Morgan fingerprint density at radius 2 is 1.97 bits per heavy atom. The minimum absolute atomic E-state index is 0.0403. The van der Waals surface area contributed by atoms with Crippen LogP contribution in [0.15, 0.2) is 42.0 Å². The van der Waals surface area contributed by atoms with Crippen molar-refractivity contribution in [3.63, 3.8) is 0 Å². The largest absolute Gasteiger partial charge is 0.366 e. The molecule has 3 atom stereocenters. The van der Waals surface area contributed by atoms with Crippen molar-refractivity contribution in [2.45, 2.75) is 56.2 Å². The number of allylic oxidation sites excluding steroid dienone is 3. The maximum atomic E-state index is 15.2. The molecule has 1 saturated heterocycles. The van der Waals surface area contributed by atoms with Gasteiger partial charge in [-0.05, 0) is 44.1 Å². The Kier molecular flexibility index (Phi) is 6.16. The monoisotopic (exact) mass is 494 g/mol. The van der Waals surface area contributed by atoms with Crippen molar-refractivity contribution >= 4 is 33.2 Å². The molecule has 178 valence electrons. The van der Waals surface area contributed by atoms with E-state index in [4.69, 9.17) is 17.0 Å². The Morgan fingerprint density at radius 1 is 1.27 bits per heavy atom. The van der Waals surface area contributed by atoms with Gasteiger partial charge in [0.1, 0.15) is 22.1 Å². The van der Waals surface area contributed by atoms with Crippen LogP contribution in [0.4, 0.5) is 4.39 Å². The van der Waals surface area contributed by atoms with Crippen molar-refractivity contribution in [1.82, 2.24) is 15.6 Å². The fourth-order valence-electron chi connectivity index (χ4n) is 5.54. The summed E-state index contributed by atoms with van der Waals surface area (Å²) in [5, 5.41) is 14.9. The van der Waals surface area contributed by atoms with Crippen LogP contribution in [-0.4, -0.2) is 41.2 Å². The minimum Gasteiger partial charge on any atom is -0.366 e. The summed E-state index contributed by atoms with van der Waals surface area (Å²) in [5.41, 5.74) is -0.626. The number of rotatable bonds is 3. The van der Waals surface area contributed by atoms with Gasteiger partial charge in [0.25, 0.3) is 5.91 Å². The first-order valence-corrected chi connectivity index (χ1v) is 13.1. The number of hydrogen-bond acceptors (Lipinski definition) is 5. The van der Waals surface area contributed by atoms with Gasteiger partial charge in [-0.2, -0.15) is 0 Å². The predicted octanol–water partition coefficient (Wildman–Crippen LogP) is 3.92. The van der Waals surface area contributed by atoms with Crippen LogP contribution in [0.2, 0.25) is 5.02 Å². The third-order valence-corrected chi connectivity index (χ3v) is 10.2. The molecule has 3 N–H and O–H groups in total. The summed E-state index contributed by atoms with van der Waals surface area (Å²) < 4.78 is 41.0. The highest BCUT2D eigenvalue weighted by Gasteiger charge is 2.59. The predicted molar refractivity (Wildman–Crippen MR) is 126 cm³/mol. The van der Waals surface area contributed by atoms with Crippen molar-refractivity contribution in [1.29, 1.82) is 5.41 Å². The molecule has 2 heterocycles. The molecular formula is C23H28ClFN4O3S. The van der Waals surface area contributed by atoms with Gasteiger partial charge in [0.05, 0.1) is 16.3 Å². The molecule has 0 aromatic carbocycles. The van der Waals surface area contributed by atoms with Crippen molar-refractivity contribution in [3.8, 4) is 0 Å². The van der Waals surface area contributed by atoms with Gasteiger partial charge in [-0.1, -0.05) is 37.8 Å². The first kappa shape index (κ1) is 23.9. The molecule has 2 unspecified atom stereocenters. The summed E-state index contributed by atoms with van der Waals surface area (Å²) in [5.74, 6) is -2.70. The summed E-state index contributed by atoms with van der Waals surface area (Å²) in [6.45, 7) is 3.39. The van der Waals surface area contributed by atoms with E-state index in [2.05, 4.69) is 15.6 Å². The number of carbonyl (C=O) groups is 1. The minimum atomic E-state index is -3.70. The zero-order chi connectivity index (χ0) is 24.0. The summed E-state index contributed by atoms with van der Waals surface area (Å²) in [6, 6.07) is 3.04. The number of hydrogen-bond donors (Lipinski definition) is 3. The van der Waals surface area contributed by atoms with Gasteiger partial charge in [-0.3, -0.25) is 10.2 Å². The maximum absolute atomic E-state index is 15.2. The highest BCUT2D eigenvalue weighted by atomic mass is 35.5. The number of aromatic nitrogens is 1. The van der Waals surface area contributed by atoms with Gasteiger partial charge in [-0.15, -0.1) is 0 Å². The van der Waals surface area contributed by atoms with Gasteiger partial charge in [0.15, 0.2) is 9.84 Å². The number of nitrogens with one attached hydrogen (secondary N) is 3. The van der Waals surface area contributed by atoms with Crippen LogP contribution in [0, 0.1) is 17.2 Å². The van der Waals surface area contributed by atoms with Crippen LogP contribution in [0.1, 0.15) is 56.4 Å². The second kappa shape index (κ2) is 8.51. The molecule has 1 amide bonds. The third kappa shape index (κ3) is 4.10. The average Bonchev–Trinajstić information content (AvgIpc) is 2.75. The normalized spacial score (nSPS) is 30.7. The second-order valence-corrected chi connectivity index (χ2v) is 12.2. The molecule has 2 aliphatic carbocycles. The number of amidine groups is 1. The lowest BCUT2D eigenvalue weighted by atomic mass is 9.73. The standard InChI is InChI=1S/C23H28ClFN4O3S/c1-14-17(28-20(30)18-8-6-15(24)12-27-18)9-7-16(25)19(14)22(2)13-33(31,32)23(21(26)29-22)10-4-3-5-11-23/h6-9,12,14,19H,3-5,10-11,13H2,1-2H3,(H2,26,29)(H,28,30)/t14?,19?,22-/m0/s1. The highest BCUT2D eigenvalue weighted by molar-refractivity contribution is 7.93. The van der Waals surface area contributed by atoms with E-state index in [1.807, 2.05) is 0 Å². The number of carbonyl (C=O) groups excluding carboxylic acids is 1. The summed E-state index contributed by atoms with van der Waals surface area (Å²) in [4.78, 5) is 16.7. The lowest BCUT2D eigenvalue weighted by molar-refractivity contribution is 0.0950. The lowest BCUT2D eigenvalue weighted by Gasteiger charge is -2.51. The van der Waals surface area contributed by atoms with Crippen molar-refractivity contribution in [3.05, 3.63) is 52.7 Å². The Bertz CT molecular complexity index is 1140. The Hall–Kier alpha value is -2.26. The number of sulfone groups is 1. The summed E-state index contributed by atoms with van der Waals surface area (Å²) in [6.07, 6.45) is 7.41. The number of pyridine rings is 1. The fraction of sp³-hybridized carbons (Fsp3) is 0.522. The molecule has 2 fully saturated rings. The van der Waals surface area contributed by atoms with Gasteiger partial charge in [0.2, 0.25) is 0 Å². The van der Waals surface area contributed by atoms with Crippen molar-refractivity contribution < 1.29 is 17.6 Å². The topological polar surface area (TPSA) is 112 Å². The Labute approximate surface area is 198 Å². The Balaban J connectivity index is 1.59. The van der Waals surface area contributed by atoms with Crippen LogP contribution in [0.3, 0.4) is 0 Å². The van der Waals surface area contributed by atoms with Gasteiger partial charge < -0.3 is 10.6 Å². The van der Waals surface area contributed by atoms with E-state index in [1.165, 1.54) is 24.4 Å². The van der Waals surface area contributed by atoms with Crippen molar-refractivity contribution in [2.75, 3.05) is 5.75 Å². The quantitative estimate of drug-likeness (QED) is 0.589. The molecule has 0 bridgehead atoms. The smallest absolute Gasteiger partial charge is 0.274 e. The van der Waals surface area contributed by atoms with E-state index in [0.717, 1.165) is 19.3 Å². The second-order valence-electron chi connectivity index (χ2n) is 9.49. The third-order valence-electron chi connectivity index (χ3n) is 7.23. The van der Waals surface area contributed by atoms with Crippen LogP contribution >= 0.6 is 11.6 Å². The molecule has 4 rings (SSSR count). The first-order valence-electron chi connectivity index (χ1n) is 11.1. The highest BCUT2D eigenvalue weighted by Crippen LogP contribution is 2.46. The first-order chi connectivity index (χ1) is 15.5. The van der Waals surface area contributed by atoms with E-state index >= 15 is 4.39 Å². The molecule has 0 radical (unpaired) electrons. The lowest BCUT2D eigenvalue weighted by Crippen LogP contribution is -2.71. The number of amides is 1. The molecule has 1 aliphatic heterocycles. The molecule has 1 aromatic rings. The Morgan fingerprint density at radius 3 is 2.58 bits per heavy atom. The van der Waals surface area contributed by atoms with E-state index in [1.54, 1.807) is 19.9 Å². The fourth-order valence-corrected chi connectivity index (χ4v) is 8.24. The molecule has 33 heavy (non-hydrogen) atoms. The van der Waals surface area contributed by atoms with Gasteiger partial charge >= 0.3 is 0 Å². The van der Waals surface area contributed by atoms with Gasteiger partial charge in [0, 0.05) is 23.7 Å². The molecule has 7 nitrogen and oxygen atoms in total. The number of halogens is 2. The van der Waals surface area contributed by atoms with Gasteiger partial charge in [-0.25, -0.2) is 17.8 Å². The van der Waals surface area contributed by atoms with E-state index in [9.17, 15) is 13.2 Å². The molecule has 1 saturated carbocycles. The van der Waals surface area contributed by atoms with Crippen LogP contribution in [-0.2, 0) is 9.84 Å². The molecular weight excluding hydrogens is 467 g/mol. The average molecular weight is 495 g/mol. The van der Waals surface area contributed by atoms with E-state index in [0.29, 0.717) is 23.6 Å². The summed E-state index contributed by atoms with van der Waals surface area (Å²) >= 11 is 5.83. The van der Waals surface area contributed by atoms with E-state index < -0.39 is 43.7 Å². The molecule has 10 heteroatoms. The number of nitrogens with zero attached hydrogens (tertiary/aromatic N) is 1. The zero-order valence-electron chi connectivity index (χ0n) is 18.6. The van der Waals surface area contributed by atoms with Crippen LogP contribution < -0.4 is 10.6 Å². The molecule has 3 aliphatic rings. The summed E-state index contributed by atoms with van der Waals surface area (Å²) in [7, 11) is -3.70. The van der Waals surface area contributed by atoms with Crippen molar-refractivity contribution in [2.24, 2.45) is 11.8 Å². The van der Waals surface area contributed by atoms with E-state index in [-0.39, 0.29) is 17.3 Å². The zero-order valence-corrected chi connectivity index (χ0v) is 20.2. The molecule has 1 spiro atoms. The maximum Gasteiger partial charge on any atom is 0.274 e. The molecule has 1 aromatic heterocycles.